The molecule has 146 valence electrons. The van der Waals surface area contributed by atoms with Crippen molar-refractivity contribution < 1.29 is 17.5 Å². The molecule has 1 heterocycles. The first kappa shape index (κ1) is 19.6. The number of aryl methyl sites for hydroxylation is 2. The molecule has 0 amide bonds. The van der Waals surface area contributed by atoms with E-state index in [-0.39, 0.29) is 5.82 Å². The summed E-state index contributed by atoms with van der Waals surface area (Å²) in [5.41, 5.74) is 2.55. The molecule has 0 unspecified atom stereocenters. The van der Waals surface area contributed by atoms with E-state index in [1.54, 1.807) is 18.2 Å². The molecule has 2 aromatic carbocycles. The van der Waals surface area contributed by atoms with Crippen LogP contribution in [0.3, 0.4) is 0 Å². The quantitative estimate of drug-likeness (QED) is 0.783. The van der Waals surface area contributed by atoms with E-state index >= 15 is 0 Å². The molecule has 0 aromatic heterocycles. The SMILES string of the molecule is CCOc1cc(S(=O)(=O)N2CCN(c3ccc(F)cc3)CC2)c(C)cc1C. The van der Waals surface area contributed by atoms with E-state index in [9.17, 15) is 12.8 Å². The van der Waals surface area contributed by atoms with Gasteiger partial charge in [0.25, 0.3) is 0 Å². The molecular formula is C20H25FN2O3S. The van der Waals surface area contributed by atoms with Crippen LogP contribution in [0.2, 0.25) is 0 Å². The van der Waals surface area contributed by atoms with Crippen LogP contribution in [0.5, 0.6) is 5.75 Å². The van der Waals surface area contributed by atoms with Gasteiger partial charge in [-0.05, 0) is 56.2 Å². The topological polar surface area (TPSA) is 49.9 Å². The van der Waals surface area contributed by atoms with Crippen molar-refractivity contribution in [3.05, 3.63) is 53.3 Å². The van der Waals surface area contributed by atoms with Crippen LogP contribution in [0.25, 0.3) is 0 Å². The van der Waals surface area contributed by atoms with E-state index in [1.807, 2.05) is 26.8 Å². The summed E-state index contributed by atoms with van der Waals surface area (Å²) < 4.78 is 46.5. The highest BCUT2D eigenvalue weighted by Gasteiger charge is 2.30. The van der Waals surface area contributed by atoms with Gasteiger partial charge in [0.1, 0.15) is 11.6 Å². The van der Waals surface area contributed by atoms with Crippen LogP contribution in [-0.2, 0) is 10.0 Å². The lowest BCUT2D eigenvalue weighted by molar-refractivity contribution is 0.336. The van der Waals surface area contributed by atoms with Gasteiger partial charge in [-0.25, -0.2) is 12.8 Å². The van der Waals surface area contributed by atoms with Crippen molar-refractivity contribution >= 4 is 15.7 Å². The van der Waals surface area contributed by atoms with E-state index in [4.69, 9.17) is 4.74 Å². The molecule has 2 aromatic rings. The molecule has 5 nitrogen and oxygen atoms in total. The predicted octanol–water partition coefficient (Wildman–Crippen LogP) is 3.35. The third kappa shape index (κ3) is 4.09. The summed E-state index contributed by atoms with van der Waals surface area (Å²) in [6.45, 7) is 7.98. The number of hydrogen-bond donors (Lipinski definition) is 0. The summed E-state index contributed by atoms with van der Waals surface area (Å²) in [4.78, 5) is 2.37. The summed E-state index contributed by atoms with van der Waals surface area (Å²) >= 11 is 0. The van der Waals surface area contributed by atoms with Crippen molar-refractivity contribution in [3.8, 4) is 5.75 Å². The molecule has 1 aliphatic rings. The Morgan fingerprint density at radius 1 is 1.00 bits per heavy atom. The molecular weight excluding hydrogens is 367 g/mol. The Bertz CT molecular complexity index is 906. The number of sulfonamides is 1. The molecule has 0 saturated carbocycles. The van der Waals surface area contributed by atoms with Crippen molar-refractivity contribution in [1.29, 1.82) is 0 Å². The highest BCUT2D eigenvalue weighted by molar-refractivity contribution is 7.89. The van der Waals surface area contributed by atoms with Crippen LogP contribution in [0.4, 0.5) is 10.1 Å². The molecule has 0 bridgehead atoms. The first-order chi connectivity index (χ1) is 12.8. The second-order valence-corrected chi connectivity index (χ2v) is 8.59. The van der Waals surface area contributed by atoms with Crippen molar-refractivity contribution in [3.63, 3.8) is 0 Å². The van der Waals surface area contributed by atoms with Gasteiger partial charge in [0.15, 0.2) is 0 Å². The van der Waals surface area contributed by atoms with Gasteiger partial charge in [-0.15, -0.1) is 0 Å². The summed E-state index contributed by atoms with van der Waals surface area (Å²) in [5.74, 6) is 0.325. The smallest absolute Gasteiger partial charge is 0.243 e. The minimum absolute atomic E-state index is 0.278. The molecule has 0 atom stereocenters. The zero-order valence-corrected chi connectivity index (χ0v) is 16.7. The first-order valence-electron chi connectivity index (χ1n) is 9.07. The molecule has 7 heteroatoms. The van der Waals surface area contributed by atoms with Gasteiger partial charge in [0, 0.05) is 37.9 Å². The summed E-state index contributed by atoms with van der Waals surface area (Å²) in [5, 5.41) is 0. The van der Waals surface area contributed by atoms with E-state index in [1.165, 1.54) is 16.4 Å². The average molecular weight is 392 g/mol. The van der Waals surface area contributed by atoms with Gasteiger partial charge >= 0.3 is 0 Å². The summed E-state index contributed by atoms with van der Waals surface area (Å²) in [7, 11) is -3.60. The number of hydrogen-bond acceptors (Lipinski definition) is 4. The minimum Gasteiger partial charge on any atom is -0.494 e. The number of nitrogens with zero attached hydrogens (tertiary/aromatic N) is 2. The molecule has 0 radical (unpaired) electrons. The molecule has 1 aliphatic heterocycles. The predicted molar refractivity (Wildman–Crippen MR) is 104 cm³/mol. The van der Waals surface area contributed by atoms with Crippen molar-refractivity contribution in [2.45, 2.75) is 25.7 Å². The summed E-state index contributed by atoms with van der Waals surface area (Å²) in [6.07, 6.45) is 0. The van der Waals surface area contributed by atoms with Crippen LogP contribution in [0.1, 0.15) is 18.1 Å². The normalized spacial score (nSPS) is 15.8. The van der Waals surface area contributed by atoms with Crippen LogP contribution < -0.4 is 9.64 Å². The fourth-order valence-electron chi connectivity index (χ4n) is 3.38. The van der Waals surface area contributed by atoms with Crippen molar-refractivity contribution in [2.75, 3.05) is 37.7 Å². The van der Waals surface area contributed by atoms with Gasteiger partial charge in [-0.3, -0.25) is 0 Å². The number of benzene rings is 2. The maximum absolute atomic E-state index is 13.2. The van der Waals surface area contributed by atoms with Gasteiger partial charge in [0.05, 0.1) is 11.5 Å². The van der Waals surface area contributed by atoms with Gasteiger partial charge in [-0.2, -0.15) is 4.31 Å². The Morgan fingerprint density at radius 3 is 2.22 bits per heavy atom. The van der Waals surface area contributed by atoms with Gasteiger partial charge in [0.2, 0.25) is 10.0 Å². The maximum atomic E-state index is 13.2. The Morgan fingerprint density at radius 2 is 1.63 bits per heavy atom. The van der Waals surface area contributed by atoms with E-state index < -0.39 is 10.0 Å². The van der Waals surface area contributed by atoms with E-state index in [0.717, 1.165) is 16.8 Å². The first-order valence-corrected chi connectivity index (χ1v) is 10.5. The van der Waals surface area contributed by atoms with Crippen LogP contribution in [-0.4, -0.2) is 45.5 Å². The Kier molecular flexibility index (Phi) is 5.72. The van der Waals surface area contributed by atoms with E-state index in [2.05, 4.69) is 4.90 Å². The van der Waals surface area contributed by atoms with Crippen LogP contribution >= 0.6 is 0 Å². The second-order valence-electron chi connectivity index (χ2n) is 6.68. The van der Waals surface area contributed by atoms with Gasteiger partial charge in [-0.1, -0.05) is 6.07 Å². The third-order valence-corrected chi connectivity index (χ3v) is 6.86. The number of halogens is 1. The van der Waals surface area contributed by atoms with E-state index in [0.29, 0.717) is 43.4 Å². The molecule has 0 N–H and O–H groups in total. The lowest BCUT2D eigenvalue weighted by Gasteiger charge is -2.35. The zero-order valence-electron chi connectivity index (χ0n) is 15.9. The summed E-state index contributed by atoms with van der Waals surface area (Å²) in [6, 6.07) is 9.77. The highest BCUT2D eigenvalue weighted by Crippen LogP contribution is 2.29. The highest BCUT2D eigenvalue weighted by atomic mass is 32.2. The molecule has 3 rings (SSSR count). The monoisotopic (exact) mass is 392 g/mol. The molecule has 0 spiro atoms. The fourth-order valence-corrected chi connectivity index (χ4v) is 5.02. The van der Waals surface area contributed by atoms with Crippen LogP contribution in [0.15, 0.2) is 41.3 Å². The number of rotatable bonds is 5. The fraction of sp³-hybridized carbons (Fsp3) is 0.400. The Balaban J connectivity index is 1.79. The van der Waals surface area contributed by atoms with Crippen molar-refractivity contribution in [2.24, 2.45) is 0 Å². The van der Waals surface area contributed by atoms with Crippen LogP contribution in [0, 0.1) is 19.7 Å². The molecule has 27 heavy (non-hydrogen) atoms. The Hall–Kier alpha value is -2.12. The number of ether oxygens (including phenoxy) is 1. The largest absolute Gasteiger partial charge is 0.494 e. The number of piperazine rings is 1. The lowest BCUT2D eigenvalue weighted by atomic mass is 10.1. The average Bonchev–Trinajstić information content (AvgIpc) is 2.64. The standard InChI is InChI=1S/C20H25FN2O3S/c1-4-26-19-14-20(16(3)13-15(19)2)27(24,25)23-11-9-22(10-12-23)18-7-5-17(21)6-8-18/h5-8,13-14H,4,9-12H2,1-3H3. The zero-order chi connectivity index (χ0) is 19.6. The third-order valence-electron chi connectivity index (χ3n) is 4.82. The lowest BCUT2D eigenvalue weighted by Crippen LogP contribution is -2.48. The molecule has 1 fully saturated rings. The van der Waals surface area contributed by atoms with Crippen molar-refractivity contribution in [1.82, 2.24) is 4.31 Å². The maximum Gasteiger partial charge on any atom is 0.243 e. The number of anilines is 1. The Labute approximate surface area is 160 Å². The molecule has 1 saturated heterocycles. The van der Waals surface area contributed by atoms with Gasteiger partial charge < -0.3 is 9.64 Å². The minimum atomic E-state index is -3.60. The second kappa shape index (κ2) is 7.86. The molecule has 0 aliphatic carbocycles.